The Labute approximate surface area is 200 Å². The number of carbonyl (C=O) groups is 1. The zero-order valence-corrected chi connectivity index (χ0v) is 18.7. The quantitative estimate of drug-likeness (QED) is 0.658. The van der Waals surface area contributed by atoms with Crippen LogP contribution < -0.4 is 11.0 Å². The van der Waals surface area contributed by atoms with Crippen molar-refractivity contribution in [3.8, 4) is 0 Å². The summed E-state index contributed by atoms with van der Waals surface area (Å²) in [6, 6.07) is 13.6. The molecule has 25 heavy (non-hydrogen) atoms. The van der Waals surface area contributed by atoms with Gasteiger partial charge in [-0.2, -0.15) is 4.98 Å². The van der Waals surface area contributed by atoms with Crippen molar-refractivity contribution in [3.05, 3.63) is 80.2 Å². The van der Waals surface area contributed by atoms with Crippen LogP contribution >= 0.6 is 34.7 Å². The number of amides is 1. The van der Waals surface area contributed by atoms with E-state index in [0.29, 0.717) is 22.2 Å². The van der Waals surface area contributed by atoms with Gasteiger partial charge in [0.15, 0.2) is 0 Å². The van der Waals surface area contributed by atoms with Crippen LogP contribution in [0.1, 0.15) is 15.9 Å². The third-order valence-electron chi connectivity index (χ3n) is 3.17. The molecule has 5 nitrogen and oxygen atoms in total. The van der Waals surface area contributed by atoms with Crippen LogP contribution in [0.4, 0.5) is 5.13 Å². The van der Waals surface area contributed by atoms with Crippen LogP contribution in [0.15, 0.2) is 53.3 Å². The van der Waals surface area contributed by atoms with Crippen LogP contribution in [0, 0.1) is 0 Å². The van der Waals surface area contributed by atoms with Crippen molar-refractivity contribution in [3.63, 3.8) is 0 Å². The summed E-state index contributed by atoms with van der Waals surface area (Å²) in [4.78, 5) is 27.9. The Balaban J connectivity index is 0.00000225. The number of carbonyl (C=O) groups excluding carboxylic acids is 1. The van der Waals surface area contributed by atoms with E-state index in [2.05, 4.69) is 10.3 Å². The predicted molar refractivity (Wildman–Crippen MR) is 102 cm³/mol. The van der Waals surface area contributed by atoms with Gasteiger partial charge in [-0.25, -0.2) is 8.75 Å². The van der Waals surface area contributed by atoms with Gasteiger partial charge in [0.25, 0.3) is 5.91 Å². The average molecular weight is 419 g/mol. The minimum absolute atomic E-state index is 0. The van der Waals surface area contributed by atoms with Gasteiger partial charge in [-0.05, 0) is 53.5 Å². The first-order chi connectivity index (χ1) is 11.5. The molecule has 9 heteroatoms. The second-order valence-corrected chi connectivity index (χ2v) is 6.80. The van der Waals surface area contributed by atoms with Crippen LogP contribution in [0.3, 0.4) is 0 Å². The normalized spacial score (nSPS) is 10.2. The Kier molecular flexibility index (Phi) is 7.84. The van der Waals surface area contributed by atoms with Crippen molar-refractivity contribution in [1.29, 1.82) is 0 Å². The van der Waals surface area contributed by atoms with Crippen LogP contribution in [0.5, 0.6) is 0 Å². The van der Waals surface area contributed by atoms with Gasteiger partial charge in [0.1, 0.15) is 0 Å². The van der Waals surface area contributed by atoms with Crippen LogP contribution in [-0.2, 0) is 6.54 Å². The number of hydrogen-bond acceptors (Lipinski definition) is 4. The van der Waals surface area contributed by atoms with Crippen molar-refractivity contribution in [1.82, 2.24) is 8.94 Å². The molecular weight excluding hydrogens is 408 g/mol. The molecule has 0 atom stereocenters. The topological polar surface area (TPSA) is 64.0 Å². The summed E-state index contributed by atoms with van der Waals surface area (Å²) in [5, 5.41) is 4.04. The summed E-state index contributed by atoms with van der Waals surface area (Å²) in [6.45, 7) is 0.366. The van der Waals surface area contributed by atoms with Gasteiger partial charge in [-0.1, -0.05) is 35.3 Å². The minimum atomic E-state index is -0.415. The van der Waals surface area contributed by atoms with E-state index in [9.17, 15) is 9.59 Å². The van der Waals surface area contributed by atoms with E-state index < -0.39 is 5.69 Å². The molecule has 2 aromatic carbocycles. The Bertz CT molecular complexity index is 924. The summed E-state index contributed by atoms with van der Waals surface area (Å²) in [5.74, 6) is -0.348. The van der Waals surface area contributed by atoms with E-state index >= 15 is 0 Å². The fraction of sp³-hybridized carbons (Fsp3) is 0.0625. The first-order valence-electron chi connectivity index (χ1n) is 6.91. The summed E-state index contributed by atoms with van der Waals surface area (Å²) in [7, 11) is 0. The second-order valence-electron chi connectivity index (χ2n) is 4.91. The smallest absolute Gasteiger partial charge is 0.297 e. The van der Waals surface area contributed by atoms with Crippen molar-refractivity contribution < 1.29 is 4.79 Å². The number of benzene rings is 2. The molecule has 3 rings (SSSR count). The van der Waals surface area contributed by atoms with Gasteiger partial charge in [-0.15, -0.1) is 0 Å². The van der Waals surface area contributed by atoms with Gasteiger partial charge < -0.3 is 0 Å². The largest absolute Gasteiger partial charge is 0.360 e. The fourth-order valence-corrected chi connectivity index (χ4v) is 3.03. The number of aromatic nitrogens is 2. The molecule has 0 spiro atoms. The van der Waals surface area contributed by atoms with Gasteiger partial charge in [0.2, 0.25) is 5.13 Å². The van der Waals surface area contributed by atoms with Crippen LogP contribution in [0.2, 0.25) is 10.0 Å². The first kappa shape index (κ1) is 20.8. The second kappa shape index (κ2) is 9.43. The molecule has 0 aliphatic carbocycles. The van der Waals surface area contributed by atoms with Gasteiger partial charge >= 0.3 is 5.69 Å². The number of hydrogen-bond donors (Lipinski definition) is 1. The van der Waals surface area contributed by atoms with E-state index in [1.807, 2.05) is 12.1 Å². The zero-order valence-electron chi connectivity index (χ0n) is 13.2. The van der Waals surface area contributed by atoms with E-state index in [-0.39, 0.29) is 62.4 Å². The SMILES string of the molecule is O=C(Nc1nc(=O)n(Cc2ccc(Cl)cc2)s1)c1ccc(Cl)cc1.[K]. The molecule has 0 saturated carbocycles. The Morgan fingerprint density at radius 1 is 1.04 bits per heavy atom. The maximum Gasteiger partial charge on any atom is 0.360 e. The molecular formula is C16H11Cl2KN3O2S. The zero-order chi connectivity index (χ0) is 17.1. The van der Waals surface area contributed by atoms with Gasteiger partial charge in [0, 0.05) is 67.0 Å². The molecule has 1 radical (unpaired) electrons. The van der Waals surface area contributed by atoms with Crippen molar-refractivity contribution in [2.75, 3.05) is 5.32 Å². The average Bonchev–Trinajstić information content (AvgIpc) is 2.89. The summed E-state index contributed by atoms with van der Waals surface area (Å²) in [6.07, 6.45) is 0. The van der Waals surface area contributed by atoms with E-state index in [1.165, 1.54) is 3.96 Å². The number of rotatable bonds is 4. The maximum atomic E-state index is 12.1. The number of nitrogens with zero attached hydrogens (tertiary/aromatic N) is 2. The molecule has 123 valence electrons. The minimum Gasteiger partial charge on any atom is -0.297 e. The molecule has 0 unspecified atom stereocenters. The number of nitrogens with one attached hydrogen (secondary N) is 1. The van der Waals surface area contributed by atoms with Crippen molar-refractivity contribution in [2.45, 2.75) is 6.54 Å². The number of halogens is 2. The summed E-state index contributed by atoms with van der Waals surface area (Å²) in [5.41, 5.74) is 0.938. The third-order valence-corrected chi connectivity index (χ3v) is 4.55. The van der Waals surface area contributed by atoms with Crippen LogP contribution in [-0.4, -0.2) is 66.2 Å². The molecule has 0 saturated heterocycles. The van der Waals surface area contributed by atoms with Gasteiger partial charge in [0.05, 0.1) is 6.54 Å². The molecule has 0 aliphatic rings. The fourth-order valence-electron chi connectivity index (χ4n) is 1.98. The number of anilines is 1. The molecule has 0 fully saturated rings. The Hall–Kier alpha value is -0.514. The molecule has 1 N–H and O–H groups in total. The van der Waals surface area contributed by atoms with Crippen molar-refractivity contribution in [2.24, 2.45) is 0 Å². The molecule has 3 aromatic rings. The Morgan fingerprint density at radius 3 is 2.20 bits per heavy atom. The van der Waals surface area contributed by atoms with E-state index in [0.717, 1.165) is 17.1 Å². The molecule has 1 aromatic heterocycles. The van der Waals surface area contributed by atoms with Crippen molar-refractivity contribution >= 4 is 97.2 Å². The first-order valence-corrected chi connectivity index (χ1v) is 8.44. The van der Waals surface area contributed by atoms with E-state index in [1.54, 1.807) is 36.4 Å². The van der Waals surface area contributed by atoms with E-state index in [4.69, 9.17) is 23.2 Å². The van der Waals surface area contributed by atoms with Gasteiger partial charge in [-0.3, -0.25) is 10.1 Å². The molecule has 0 bridgehead atoms. The Morgan fingerprint density at radius 2 is 1.60 bits per heavy atom. The monoisotopic (exact) mass is 418 g/mol. The molecule has 1 heterocycles. The molecule has 0 aliphatic heterocycles. The summed E-state index contributed by atoms with van der Waals surface area (Å²) < 4.78 is 1.46. The standard InChI is InChI=1S/C16H11Cl2N3O2S.K/c17-12-5-1-10(2-6-12)9-21-16(23)20-15(24-21)19-14(22)11-3-7-13(18)8-4-11;/h1-8H,9H2,(H,19,20,22,23);. The molecule has 1 amide bonds. The third kappa shape index (κ3) is 5.73. The summed E-state index contributed by atoms with van der Waals surface area (Å²) >= 11 is 12.7. The van der Waals surface area contributed by atoms with Crippen LogP contribution in [0.25, 0.3) is 0 Å². The predicted octanol–water partition coefficient (Wildman–Crippen LogP) is 3.53. The maximum absolute atomic E-state index is 12.1.